The molecule has 0 aliphatic heterocycles. The minimum atomic E-state index is 0.417. The quantitative estimate of drug-likeness (QED) is 0.726. The molecule has 0 saturated carbocycles. The summed E-state index contributed by atoms with van der Waals surface area (Å²) < 4.78 is 5.61. The number of H-pyrrole nitrogens is 1. The molecule has 0 aliphatic rings. The molecule has 2 aromatic heterocycles. The number of nitrogens with one attached hydrogen (secondary N) is 1. The maximum absolute atomic E-state index is 6.10. The van der Waals surface area contributed by atoms with E-state index in [0.29, 0.717) is 27.7 Å². The van der Waals surface area contributed by atoms with Crippen LogP contribution in [0.2, 0.25) is 5.02 Å². The summed E-state index contributed by atoms with van der Waals surface area (Å²) in [5.74, 6) is 2.30. The minimum Gasteiger partial charge on any atom is -0.420 e. The second-order valence-electron chi connectivity index (χ2n) is 4.19. The summed E-state index contributed by atoms with van der Waals surface area (Å²) in [5, 5.41) is 16.2. The summed E-state index contributed by atoms with van der Waals surface area (Å²) in [6.45, 7) is 2.02. The second-order valence-corrected chi connectivity index (χ2v) is 5.54. The van der Waals surface area contributed by atoms with E-state index in [2.05, 4.69) is 25.4 Å². The number of aryl methyl sites for hydroxylation is 1. The van der Waals surface area contributed by atoms with Crippen LogP contribution in [0.1, 0.15) is 18.6 Å². The topological polar surface area (TPSA) is 80.5 Å². The molecule has 2 heterocycles. The van der Waals surface area contributed by atoms with Crippen LogP contribution in [0.15, 0.2) is 33.8 Å². The van der Waals surface area contributed by atoms with Gasteiger partial charge in [0.25, 0.3) is 0 Å². The van der Waals surface area contributed by atoms with Crippen LogP contribution in [0.25, 0.3) is 11.5 Å². The summed E-state index contributed by atoms with van der Waals surface area (Å²) in [6, 6.07) is 7.36. The van der Waals surface area contributed by atoms with Crippen molar-refractivity contribution in [3.05, 3.63) is 41.0 Å². The maximum atomic E-state index is 6.10. The molecular formula is C13H12ClN5OS. The lowest BCUT2D eigenvalue weighted by Gasteiger charge is -1.96. The van der Waals surface area contributed by atoms with Crippen molar-refractivity contribution in [1.82, 2.24) is 25.4 Å². The largest absolute Gasteiger partial charge is 0.420 e. The van der Waals surface area contributed by atoms with E-state index in [9.17, 15) is 0 Å². The third kappa shape index (κ3) is 3.25. The summed E-state index contributed by atoms with van der Waals surface area (Å²) in [7, 11) is 0. The first-order valence-corrected chi connectivity index (χ1v) is 7.74. The number of rotatable bonds is 5. The van der Waals surface area contributed by atoms with Crippen LogP contribution in [0.3, 0.4) is 0 Å². The molecule has 3 aromatic rings. The highest BCUT2D eigenvalue weighted by atomic mass is 35.5. The number of thioether (sulfide) groups is 1. The number of benzene rings is 1. The Hall–Kier alpha value is -1.86. The van der Waals surface area contributed by atoms with E-state index < -0.39 is 0 Å². The molecular weight excluding hydrogens is 310 g/mol. The fourth-order valence-corrected chi connectivity index (χ4v) is 2.55. The third-order valence-electron chi connectivity index (χ3n) is 2.74. The average molecular weight is 322 g/mol. The number of hydrogen-bond donors (Lipinski definition) is 1. The number of hydrogen-bond acceptors (Lipinski definition) is 6. The fraction of sp³-hybridized carbons (Fsp3) is 0.231. The lowest BCUT2D eigenvalue weighted by Crippen LogP contribution is -1.83. The van der Waals surface area contributed by atoms with Crippen LogP contribution in [0.5, 0.6) is 0 Å². The van der Waals surface area contributed by atoms with Gasteiger partial charge < -0.3 is 4.42 Å². The number of aromatic amines is 1. The first-order chi connectivity index (χ1) is 10.3. The predicted molar refractivity (Wildman–Crippen MR) is 80.1 cm³/mol. The van der Waals surface area contributed by atoms with Crippen LogP contribution in [-0.4, -0.2) is 25.4 Å². The lowest BCUT2D eigenvalue weighted by molar-refractivity contribution is 0.528. The van der Waals surface area contributed by atoms with Gasteiger partial charge in [-0.2, -0.15) is 0 Å². The van der Waals surface area contributed by atoms with E-state index in [4.69, 9.17) is 16.0 Å². The van der Waals surface area contributed by atoms with Crippen molar-refractivity contribution in [3.8, 4) is 11.5 Å². The molecule has 8 heteroatoms. The summed E-state index contributed by atoms with van der Waals surface area (Å²) in [5.41, 5.74) is 0.731. The summed E-state index contributed by atoms with van der Waals surface area (Å²) in [4.78, 5) is 4.31. The normalized spacial score (nSPS) is 11.0. The van der Waals surface area contributed by atoms with Crippen molar-refractivity contribution >= 4 is 23.4 Å². The molecule has 1 N–H and O–H groups in total. The Bertz CT molecular complexity index is 742. The van der Waals surface area contributed by atoms with E-state index in [1.807, 2.05) is 25.1 Å². The second kappa shape index (κ2) is 6.28. The molecule has 0 radical (unpaired) electrons. The van der Waals surface area contributed by atoms with E-state index in [0.717, 1.165) is 17.8 Å². The molecule has 1 aromatic carbocycles. The number of nitrogens with zero attached hydrogens (tertiary/aromatic N) is 4. The standard InChI is InChI=1S/C13H12ClN5OS/c1-2-10-15-13(19-16-10)21-7-11-17-18-12(20-11)8-5-3-4-6-9(8)14/h3-6H,2,7H2,1H3,(H,15,16,19). The van der Waals surface area contributed by atoms with Crippen LogP contribution in [0.4, 0.5) is 0 Å². The average Bonchev–Trinajstić information content (AvgIpc) is 3.14. The van der Waals surface area contributed by atoms with Crippen LogP contribution in [0, 0.1) is 0 Å². The Kier molecular flexibility index (Phi) is 4.21. The van der Waals surface area contributed by atoms with Crippen molar-refractivity contribution in [1.29, 1.82) is 0 Å². The van der Waals surface area contributed by atoms with Crippen LogP contribution in [-0.2, 0) is 12.2 Å². The first kappa shape index (κ1) is 14.1. The van der Waals surface area contributed by atoms with Gasteiger partial charge >= 0.3 is 0 Å². The highest BCUT2D eigenvalue weighted by Crippen LogP contribution is 2.27. The van der Waals surface area contributed by atoms with Gasteiger partial charge in [0.15, 0.2) is 0 Å². The molecule has 0 saturated heterocycles. The Morgan fingerprint density at radius 3 is 2.90 bits per heavy atom. The van der Waals surface area contributed by atoms with Gasteiger partial charge in [-0.1, -0.05) is 42.4 Å². The van der Waals surface area contributed by atoms with E-state index in [-0.39, 0.29) is 0 Å². The lowest BCUT2D eigenvalue weighted by atomic mass is 10.2. The molecule has 0 fully saturated rings. The van der Waals surface area contributed by atoms with Gasteiger partial charge in [0.1, 0.15) is 5.82 Å². The van der Waals surface area contributed by atoms with Crippen molar-refractivity contribution in [3.63, 3.8) is 0 Å². The zero-order chi connectivity index (χ0) is 14.7. The van der Waals surface area contributed by atoms with Crippen molar-refractivity contribution in [2.75, 3.05) is 0 Å². The first-order valence-electron chi connectivity index (χ1n) is 6.37. The molecule has 108 valence electrons. The van der Waals surface area contributed by atoms with Crippen LogP contribution >= 0.6 is 23.4 Å². The van der Waals surface area contributed by atoms with Gasteiger partial charge in [-0.15, -0.1) is 15.3 Å². The van der Waals surface area contributed by atoms with Crippen molar-refractivity contribution in [2.45, 2.75) is 24.3 Å². The fourth-order valence-electron chi connectivity index (χ4n) is 1.68. The summed E-state index contributed by atoms with van der Waals surface area (Å²) in [6.07, 6.45) is 0.824. The number of halogens is 1. The Morgan fingerprint density at radius 2 is 2.14 bits per heavy atom. The molecule has 0 amide bonds. The third-order valence-corrected chi connectivity index (χ3v) is 3.90. The van der Waals surface area contributed by atoms with Gasteiger partial charge in [0.2, 0.25) is 16.9 Å². The zero-order valence-corrected chi connectivity index (χ0v) is 12.8. The molecule has 0 spiro atoms. The van der Waals surface area contributed by atoms with Gasteiger partial charge in [-0.25, -0.2) is 4.98 Å². The monoisotopic (exact) mass is 321 g/mol. The molecule has 21 heavy (non-hydrogen) atoms. The van der Waals surface area contributed by atoms with E-state index >= 15 is 0 Å². The van der Waals surface area contributed by atoms with Crippen molar-refractivity contribution < 1.29 is 4.42 Å². The maximum Gasteiger partial charge on any atom is 0.249 e. The Labute approximate surface area is 130 Å². The molecule has 6 nitrogen and oxygen atoms in total. The SMILES string of the molecule is CCc1nc(SCc2nnc(-c3ccccc3Cl)o2)n[nH]1. The van der Waals surface area contributed by atoms with E-state index in [1.54, 1.807) is 6.07 Å². The molecule has 0 unspecified atom stereocenters. The van der Waals surface area contributed by atoms with Crippen molar-refractivity contribution in [2.24, 2.45) is 0 Å². The Morgan fingerprint density at radius 1 is 1.29 bits per heavy atom. The number of aromatic nitrogens is 5. The van der Waals surface area contributed by atoms with Gasteiger partial charge in [0.05, 0.1) is 16.3 Å². The molecule has 3 rings (SSSR count). The predicted octanol–water partition coefficient (Wildman–Crippen LogP) is 3.36. The Balaban J connectivity index is 1.69. The van der Waals surface area contributed by atoms with Gasteiger partial charge in [-0.05, 0) is 12.1 Å². The summed E-state index contributed by atoms with van der Waals surface area (Å²) >= 11 is 7.54. The van der Waals surface area contributed by atoms with Gasteiger partial charge in [0, 0.05) is 6.42 Å². The highest BCUT2D eigenvalue weighted by Gasteiger charge is 2.12. The van der Waals surface area contributed by atoms with Gasteiger partial charge in [-0.3, -0.25) is 5.10 Å². The van der Waals surface area contributed by atoms with Crippen LogP contribution < -0.4 is 0 Å². The minimum absolute atomic E-state index is 0.417. The molecule has 0 bridgehead atoms. The molecule has 0 atom stereocenters. The highest BCUT2D eigenvalue weighted by molar-refractivity contribution is 7.98. The van der Waals surface area contributed by atoms with E-state index in [1.165, 1.54) is 11.8 Å². The smallest absolute Gasteiger partial charge is 0.249 e. The zero-order valence-electron chi connectivity index (χ0n) is 11.2. The molecule has 0 aliphatic carbocycles.